The Morgan fingerprint density at radius 1 is 0.422 bits per heavy atom. The standard InChI is InChI=1S/2C20H14N.2ClH.Zr/c2*1-2-7-15(8-3-1)18-10-6-9-16-13-17(14-19(16)18)20-11-4-5-12-21-20;;;/h2*1-14H;2*1H;/q;;;;+2/p-2. The van der Waals surface area contributed by atoms with Gasteiger partial charge in [-0.25, -0.2) is 0 Å². The molecule has 0 amide bonds. The molecule has 2 aliphatic rings. The average molecular weight is 699 g/mol. The quantitative estimate of drug-likeness (QED) is 0.265. The zero-order valence-corrected chi connectivity index (χ0v) is 28.3. The third-order valence-electron chi connectivity index (χ3n) is 8.55. The molecular formula is C40H28Cl2N2Zr. The Balaban J connectivity index is 0.00000179. The number of hydrogen-bond acceptors (Lipinski definition) is 2. The minimum atomic E-state index is -1.24. The first kappa shape index (κ1) is 31.1. The summed E-state index contributed by atoms with van der Waals surface area (Å²) < 4.78 is 0.723. The van der Waals surface area contributed by atoms with Crippen molar-refractivity contribution in [2.24, 2.45) is 0 Å². The fourth-order valence-corrected chi connectivity index (χ4v) is 11.5. The van der Waals surface area contributed by atoms with Crippen molar-refractivity contribution in [3.05, 3.63) is 179 Å². The Hall–Kier alpha value is -3.88. The molecule has 0 fully saturated rings. The maximum absolute atomic E-state index is 4.88. The van der Waals surface area contributed by atoms with Gasteiger partial charge in [-0.05, 0) is 0 Å². The van der Waals surface area contributed by atoms with Gasteiger partial charge in [0, 0.05) is 0 Å². The van der Waals surface area contributed by atoms with Crippen LogP contribution in [0.5, 0.6) is 0 Å². The number of halogens is 2. The Kier molecular flexibility index (Phi) is 9.43. The molecule has 2 aromatic heterocycles. The van der Waals surface area contributed by atoms with E-state index in [1.807, 2.05) is 24.5 Å². The monoisotopic (exact) mass is 696 g/mol. The molecule has 5 heteroatoms. The maximum Gasteiger partial charge on any atom is -1.00 e. The second-order valence-corrected chi connectivity index (χ2v) is 14.7. The number of hydrogen-bond donors (Lipinski definition) is 0. The summed E-state index contributed by atoms with van der Waals surface area (Å²) in [4.78, 5) is 9.76. The van der Waals surface area contributed by atoms with Crippen molar-refractivity contribution >= 4 is 23.3 Å². The van der Waals surface area contributed by atoms with Gasteiger partial charge in [0.2, 0.25) is 0 Å². The molecule has 0 saturated heterocycles. The van der Waals surface area contributed by atoms with Gasteiger partial charge in [-0.15, -0.1) is 0 Å². The van der Waals surface area contributed by atoms with Gasteiger partial charge in [0.25, 0.3) is 0 Å². The Morgan fingerprint density at radius 3 is 1.24 bits per heavy atom. The SMILES string of the molecule is C1=C(c2ccccn2)[CH]([Zr+2][CH]2C(c3ccccn3)=Cc3c(-c4ccccc4)cccc32)c2cccc(-c3ccccc3)c21.[Cl-].[Cl-]. The van der Waals surface area contributed by atoms with Crippen LogP contribution in [-0.4, -0.2) is 9.97 Å². The van der Waals surface area contributed by atoms with E-state index in [-0.39, 0.29) is 24.8 Å². The van der Waals surface area contributed by atoms with Crippen molar-refractivity contribution in [3.63, 3.8) is 0 Å². The molecule has 45 heavy (non-hydrogen) atoms. The van der Waals surface area contributed by atoms with Crippen LogP contribution in [0.1, 0.15) is 40.9 Å². The van der Waals surface area contributed by atoms with Crippen molar-refractivity contribution < 1.29 is 48.0 Å². The number of rotatable bonds is 6. The predicted octanol–water partition coefficient (Wildman–Crippen LogP) is 3.79. The molecule has 4 aromatic carbocycles. The van der Waals surface area contributed by atoms with E-state index in [0.717, 1.165) is 11.4 Å². The zero-order valence-electron chi connectivity index (χ0n) is 24.3. The maximum atomic E-state index is 4.88. The Morgan fingerprint density at radius 2 is 0.844 bits per heavy atom. The molecule has 2 atom stereocenters. The van der Waals surface area contributed by atoms with Crippen molar-refractivity contribution in [3.8, 4) is 22.3 Å². The van der Waals surface area contributed by atoms with E-state index in [1.54, 1.807) is 0 Å². The summed E-state index contributed by atoms with van der Waals surface area (Å²) >= 11 is -1.24. The molecule has 6 aromatic rings. The topological polar surface area (TPSA) is 25.8 Å². The van der Waals surface area contributed by atoms with Crippen LogP contribution in [0, 0.1) is 0 Å². The smallest absolute Gasteiger partial charge is 1.00 e. The number of aromatic nitrogens is 2. The van der Waals surface area contributed by atoms with Crippen LogP contribution in [0.25, 0.3) is 45.6 Å². The van der Waals surface area contributed by atoms with Crippen molar-refractivity contribution in [2.75, 3.05) is 0 Å². The number of allylic oxidation sites excluding steroid dienone is 2. The van der Waals surface area contributed by atoms with Crippen LogP contribution in [-0.2, 0) is 23.2 Å². The number of benzene rings is 4. The summed E-state index contributed by atoms with van der Waals surface area (Å²) in [7, 11) is 0. The normalized spacial score (nSPS) is 15.8. The number of nitrogens with zero attached hydrogens (tertiary/aromatic N) is 2. The van der Waals surface area contributed by atoms with E-state index in [9.17, 15) is 0 Å². The first-order chi connectivity index (χ1) is 21.3. The summed E-state index contributed by atoms with van der Waals surface area (Å²) in [6.07, 6.45) is 8.73. The molecule has 0 saturated carbocycles. The van der Waals surface area contributed by atoms with Gasteiger partial charge in [-0.1, -0.05) is 0 Å². The average Bonchev–Trinajstić information content (AvgIpc) is 3.65. The Bertz CT molecular complexity index is 1850. The molecule has 0 radical (unpaired) electrons. The molecule has 0 bridgehead atoms. The Labute approximate surface area is 288 Å². The van der Waals surface area contributed by atoms with Gasteiger partial charge in [0.05, 0.1) is 0 Å². The molecule has 0 aliphatic heterocycles. The molecule has 8 rings (SSSR count). The third-order valence-corrected chi connectivity index (χ3v) is 13.2. The van der Waals surface area contributed by atoms with Gasteiger partial charge in [0.1, 0.15) is 0 Å². The molecule has 0 spiro atoms. The second-order valence-electron chi connectivity index (χ2n) is 11.0. The molecular weight excluding hydrogens is 671 g/mol. The van der Waals surface area contributed by atoms with Gasteiger partial charge >= 0.3 is 266 Å². The van der Waals surface area contributed by atoms with E-state index in [1.165, 1.54) is 55.7 Å². The van der Waals surface area contributed by atoms with E-state index in [0.29, 0.717) is 7.25 Å². The van der Waals surface area contributed by atoms with Crippen LogP contribution in [0.15, 0.2) is 146 Å². The summed E-state index contributed by atoms with van der Waals surface area (Å²) in [6.45, 7) is 0. The number of pyridine rings is 2. The van der Waals surface area contributed by atoms with E-state index >= 15 is 0 Å². The summed E-state index contributed by atoms with van der Waals surface area (Å²) in [5.41, 5.74) is 15.6. The summed E-state index contributed by atoms with van der Waals surface area (Å²) in [5, 5.41) is 0. The molecule has 2 unspecified atom stereocenters. The molecule has 0 N–H and O–H groups in total. The molecule has 2 nitrogen and oxygen atoms in total. The molecule has 216 valence electrons. The van der Waals surface area contributed by atoms with Crippen LogP contribution >= 0.6 is 0 Å². The van der Waals surface area contributed by atoms with Crippen molar-refractivity contribution in [1.82, 2.24) is 9.97 Å². The third kappa shape index (κ3) is 5.82. The summed E-state index contributed by atoms with van der Waals surface area (Å²) in [6, 6.07) is 47.9. The van der Waals surface area contributed by atoms with Crippen LogP contribution in [0.3, 0.4) is 0 Å². The van der Waals surface area contributed by atoms with E-state index < -0.39 is 23.2 Å². The first-order valence-corrected chi connectivity index (χ1v) is 17.6. The van der Waals surface area contributed by atoms with Gasteiger partial charge < -0.3 is 24.8 Å². The van der Waals surface area contributed by atoms with Crippen molar-refractivity contribution in [2.45, 2.75) is 7.25 Å². The van der Waals surface area contributed by atoms with Crippen LogP contribution in [0.2, 0.25) is 0 Å². The second kappa shape index (κ2) is 13.6. The zero-order chi connectivity index (χ0) is 28.6. The molecule has 2 aliphatic carbocycles. The minimum Gasteiger partial charge on any atom is -1.00 e. The summed E-state index contributed by atoms with van der Waals surface area (Å²) in [5.74, 6) is 0. The van der Waals surface area contributed by atoms with Crippen LogP contribution < -0.4 is 24.8 Å². The van der Waals surface area contributed by atoms with Crippen LogP contribution in [0.4, 0.5) is 0 Å². The van der Waals surface area contributed by atoms with Gasteiger partial charge in [0.15, 0.2) is 0 Å². The fraction of sp³-hybridized carbons (Fsp3) is 0.0500. The molecule has 2 heterocycles. The fourth-order valence-electron chi connectivity index (χ4n) is 6.58. The minimum absolute atomic E-state index is 0. The van der Waals surface area contributed by atoms with E-state index in [2.05, 4.69) is 133 Å². The predicted molar refractivity (Wildman–Crippen MR) is 173 cm³/mol. The van der Waals surface area contributed by atoms with Crippen molar-refractivity contribution in [1.29, 1.82) is 0 Å². The largest absolute Gasteiger partial charge is 1.00 e. The first-order valence-electron chi connectivity index (χ1n) is 14.7. The van der Waals surface area contributed by atoms with E-state index in [4.69, 9.17) is 9.97 Å². The van der Waals surface area contributed by atoms with Gasteiger partial charge in [-0.2, -0.15) is 0 Å². The number of fused-ring (bicyclic) bond motifs is 2. The van der Waals surface area contributed by atoms with Gasteiger partial charge in [-0.3, -0.25) is 0 Å².